The summed E-state index contributed by atoms with van der Waals surface area (Å²) in [6.45, 7) is 4.20. The van der Waals surface area contributed by atoms with Crippen molar-refractivity contribution in [1.82, 2.24) is 4.31 Å². The fraction of sp³-hybridized carbons (Fsp3) is 0.500. The number of nitrogens with one attached hydrogen (secondary N) is 1. The molecule has 0 atom stereocenters. The van der Waals surface area contributed by atoms with Crippen LogP contribution < -0.4 is 11.1 Å². The second-order valence-corrected chi connectivity index (χ2v) is 7.66. The van der Waals surface area contributed by atoms with Crippen molar-refractivity contribution in [3.8, 4) is 0 Å². The molecular weight excluding hydrogens is 361 g/mol. The first-order valence-corrected chi connectivity index (χ1v) is 8.96. The van der Waals surface area contributed by atoms with Crippen molar-refractivity contribution in [2.45, 2.75) is 37.1 Å². The lowest BCUT2D eigenvalue weighted by Gasteiger charge is -2.20. The van der Waals surface area contributed by atoms with Gasteiger partial charge in [-0.25, -0.2) is 8.42 Å². The van der Waals surface area contributed by atoms with Gasteiger partial charge < -0.3 is 11.1 Å². The number of benzene rings is 1. The van der Waals surface area contributed by atoms with Crippen molar-refractivity contribution in [3.05, 3.63) is 23.2 Å². The highest BCUT2D eigenvalue weighted by Crippen LogP contribution is 2.34. The molecule has 6 nitrogen and oxygen atoms in total. The van der Waals surface area contributed by atoms with E-state index in [0.717, 1.165) is 0 Å². The minimum Gasteiger partial charge on any atom is -0.324 e. The Kier molecular flexibility index (Phi) is 6.46. The molecule has 0 aliphatic heterocycles. The predicted molar refractivity (Wildman–Crippen MR) is 93.6 cm³/mol. The average molecular weight is 382 g/mol. The van der Waals surface area contributed by atoms with E-state index < -0.39 is 15.6 Å². The van der Waals surface area contributed by atoms with Crippen molar-refractivity contribution < 1.29 is 13.2 Å². The number of carbonyl (C=O) groups excluding carboxylic acids is 1. The second-order valence-electron chi connectivity index (χ2n) is 5.34. The minimum atomic E-state index is -3.69. The molecule has 9 heteroatoms. The van der Waals surface area contributed by atoms with E-state index in [9.17, 15) is 13.2 Å². The summed E-state index contributed by atoms with van der Waals surface area (Å²) in [7, 11) is -3.69. The smallest absolute Gasteiger partial charge is 0.244 e. The summed E-state index contributed by atoms with van der Waals surface area (Å²) < 4.78 is 26.4. The van der Waals surface area contributed by atoms with E-state index in [-0.39, 0.29) is 28.2 Å². The molecule has 3 N–H and O–H groups in total. The van der Waals surface area contributed by atoms with E-state index in [1.807, 2.05) is 0 Å². The molecule has 0 unspecified atom stereocenters. The number of hydrogen-bond donors (Lipinski definition) is 2. The molecule has 1 aromatic rings. The highest BCUT2D eigenvalue weighted by atomic mass is 35.5. The molecule has 1 saturated carbocycles. The normalized spacial score (nSPS) is 15.9. The third-order valence-electron chi connectivity index (χ3n) is 3.75. The van der Waals surface area contributed by atoms with Crippen LogP contribution >= 0.6 is 24.0 Å². The highest BCUT2D eigenvalue weighted by molar-refractivity contribution is 7.89. The van der Waals surface area contributed by atoms with Gasteiger partial charge in [-0.1, -0.05) is 25.4 Å². The lowest BCUT2D eigenvalue weighted by molar-refractivity contribution is -0.118. The van der Waals surface area contributed by atoms with Gasteiger partial charge in [-0.05, 0) is 31.0 Å². The van der Waals surface area contributed by atoms with Crippen molar-refractivity contribution >= 4 is 45.6 Å². The number of sulfonamides is 1. The Labute approximate surface area is 147 Å². The number of anilines is 1. The van der Waals surface area contributed by atoms with Gasteiger partial charge in [0.2, 0.25) is 15.9 Å². The van der Waals surface area contributed by atoms with E-state index >= 15 is 0 Å². The van der Waals surface area contributed by atoms with Crippen LogP contribution in [0.3, 0.4) is 0 Å². The van der Waals surface area contributed by atoms with E-state index in [1.165, 1.54) is 16.4 Å². The second kappa shape index (κ2) is 7.36. The van der Waals surface area contributed by atoms with Crippen molar-refractivity contribution in [3.63, 3.8) is 0 Å². The summed E-state index contributed by atoms with van der Waals surface area (Å²) in [4.78, 5) is 11.9. The maximum absolute atomic E-state index is 12.6. The minimum absolute atomic E-state index is 0. The molecule has 0 heterocycles. The number of nitrogens with two attached hydrogens (primary N) is 1. The zero-order chi connectivity index (χ0) is 16.5. The summed E-state index contributed by atoms with van der Waals surface area (Å²) in [6, 6.07) is 4.40. The van der Waals surface area contributed by atoms with Gasteiger partial charge in [0.15, 0.2) is 0 Å². The number of nitrogens with zero attached hydrogens (tertiary/aromatic N) is 1. The Bertz CT molecular complexity index is 687. The van der Waals surface area contributed by atoms with Crippen LogP contribution in [0.25, 0.3) is 0 Å². The maximum Gasteiger partial charge on any atom is 0.244 e. The van der Waals surface area contributed by atoms with Gasteiger partial charge in [0.05, 0.1) is 10.6 Å². The zero-order valence-corrected chi connectivity index (χ0v) is 15.4. The van der Waals surface area contributed by atoms with Gasteiger partial charge in [-0.2, -0.15) is 4.31 Å². The van der Waals surface area contributed by atoms with Crippen LogP contribution in [0.5, 0.6) is 0 Å². The first kappa shape index (κ1) is 20.2. The standard InChI is InChI=1S/C14H20ClN3O3S.ClH/c1-3-18(4-2)22(20,21)12-9-10(5-6-11(12)15)17-13(19)14(16)7-8-14;/h5-6,9H,3-4,7-8,16H2,1-2H3,(H,17,19);1H. The van der Waals surface area contributed by atoms with Gasteiger partial charge in [0.1, 0.15) is 4.90 Å². The molecule has 0 spiro atoms. The first-order chi connectivity index (χ1) is 10.2. The van der Waals surface area contributed by atoms with Gasteiger partial charge in [-0.3, -0.25) is 4.79 Å². The predicted octanol–water partition coefficient (Wildman–Crippen LogP) is 2.22. The lowest BCUT2D eigenvalue weighted by atomic mass is 10.2. The van der Waals surface area contributed by atoms with Crippen LogP contribution in [0.1, 0.15) is 26.7 Å². The topological polar surface area (TPSA) is 92.5 Å². The number of hydrogen-bond acceptors (Lipinski definition) is 4. The molecule has 1 fully saturated rings. The summed E-state index contributed by atoms with van der Waals surface area (Å²) in [6.07, 6.45) is 1.27. The third-order valence-corrected chi connectivity index (χ3v) is 6.28. The quantitative estimate of drug-likeness (QED) is 0.789. The molecular formula is C14H21Cl2N3O3S. The average Bonchev–Trinajstić information content (AvgIpc) is 3.21. The van der Waals surface area contributed by atoms with Crippen LogP contribution in [-0.4, -0.2) is 37.3 Å². The molecule has 1 aromatic carbocycles. The van der Waals surface area contributed by atoms with Crippen LogP contribution in [-0.2, 0) is 14.8 Å². The highest BCUT2D eigenvalue weighted by Gasteiger charge is 2.46. The van der Waals surface area contributed by atoms with E-state index in [1.54, 1.807) is 19.9 Å². The maximum atomic E-state index is 12.6. The molecule has 2 rings (SSSR count). The SMILES string of the molecule is CCN(CC)S(=O)(=O)c1cc(NC(=O)C2(N)CC2)ccc1Cl.Cl. The van der Waals surface area contributed by atoms with Crippen molar-refractivity contribution in [2.75, 3.05) is 18.4 Å². The molecule has 0 aromatic heterocycles. The zero-order valence-electron chi connectivity index (χ0n) is 13.0. The number of carbonyl (C=O) groups is 1. The Morgan fingerprint density at radius 1 is 1.35 bits per heavy atom. The van der Waals surface area contributed by atoms with Gasteiger partial charge in [0.25, 0.3) is 0 Å². The summed E-state index contributed by atoms with van der Waals surface area (Å²) in [5.74, 6) is -0.305. The summed E-state index contributed by atoms with van der Waals surface area (Å²) >= 11 is 6.03. The Hall–Kier alpha value is -0.860. The summed E-state index contributed by atoms with van der Waals surface area (Å²) in [5.41, 5.74) is 5.37. The third kappa shape index (κ3) is 4.16. The molecule has 0 radical (unpaired) electrons. The molecule has 23 heavy (non-hydrogen) atoms. The van der Waals surface area contributed by atoms with Crippen LogP contribution in [0, 0.1) is 0 Å². The Morgan fingerprint density at radius 2 is 1.91 bits per heavy atom. The van der Waals surface area contributed by atoms with Crippen molar-refractivity contribution in [2.24, 2.45) is 5.73 Å². The van der Waals surface area contributed by atoms with Gasteiger partial charge in [0, 0.05) is 18.8 Å². The van der Waals surface area contributed by atoms with Crippen LogP contribution in [0.4, 0.5) is 5.69 Å². The van der Waals surface area contributed by atoms with E-state index in [4.69, 9.17) is 17.3 Å². The Morgan fingerprint density at radius 3 is 2.39 bits per heavy atom. The first-order valence-electron chi connectivity index (χ1n) is 7.14. The Balaban J connectivity index is 0.00000264. The molecule has 1 amide bonds. The fourth-order valence-corrected chi connectivity index (χ4v) is 4.06. The molecule has 1 aliphatic rings. The van der Waals surface area contributed by atoms with E-state index in [0.29, 0.717) is 31.6 Å². The molecule has 0 saturated heterocycles. The van der Waals surface area contributed by atoms with Gasteiger partial charge in [-0.15, -0.1) is 12.4 Å². The monoisotopic (exact) mass is 381 g/mol. The van der Waals surface area contributed by atoms with E-state index in [2.05, 4.69) is 5.32 Å². The van der Waals surface area contributed by atoms with Gasteiger partial charge >= 0.3 is 0 Å². The lowest BCUT2D eigenvalue weighted by Crippen LogP contribution is -2.37. The van der Waals surface area contributed by atoms with Crippen molar-refractivity contribution in [1.29, 1.82) is 0 Å². The number of halogens is 2. The molecule has 130 valence electrons. The van der Waals surface area contributed by atoms with Crippen LogP contribution in [0.2, 0.25) is 5.02 Å². The number of rotatable bonds is 6. The summed E-state index contributed by atoms with van der Waals surface area (Å²) in [5, 5.41) is 2.78. The fourth-order valence-electron chi connectivity index (χ4n) is 2.10. The largest absolute Gasteiger partial charge is 0.324 e. The number of amides is 1. The van der Waals surface area contributed by atoms with Crippen LogP contribution in [0.15, 0.2) is 23.1 Å². The molecule has 0 bridgehead atoms. The molecule has 1 aliphatic carbocycles.